The Kier molecular flexibility index (Phi) is 3.42. The molecular formula is C10H16ClN3O. The van der Waals surface area contributed by atoms with E-state index in [1.165, 1.54) is 0 Å². The minimum Gasteiger partial charge on any atom is -0.397 e. The second kappa shape index (κ2) is 4.24. The van der Waals surface area contributed by atoms with Crippen molar-refractivity contribution in [2.45, 2.75) is 19.4 Å². The molecule has 1 heterocycles. The van der Waals surface area contributed by atoms with Crippen molar-refractivity contribution in [1.29, 1.82) is 0 Å². The van der Waals surface area contributed by atoms with Gasteiger partial charge in [-0.3, -0.25) is 0 Å². The highest BCUT2D eigenvalue weighted by Crippen LogP contribution is 2.24. The van der Waals surface area contributed by atoms with Crippen LogP contribution in [0.25, 0.3) is 0 Å². The summed E-state index contributed by atoms with van der Waals surface area (Å²) in [5.41, 5.74) is 5.28. The van der Waals surface area contributed by atoms with Crippen molar-refractivity contribution < 1.29 is 5.11 Å². The van der Waals surface area contributed by atoms with Crippen molar-refractivity contribution in [1.82, 2.24) is 4.98 Å². The molecule has 15 heavy (non-hydrogen) atoms. The lowest BCUT2D eigenvalue weighted by molar-refractivity contribution is 0.0884. The highest BCUT2D eigenvalue weighted by Gasteiger charge is 2.18. The Morgan fingerprint density at radius 3 is 2.67 bits per heavy atom. The summed E-state index contributed by atoms with van der Waals surface area (Å²) in [5.74, 6) is 0.619. The number of nitrogens with zero attached hydrogens (tertiary/aromatic N) is 2. The van der Waals surface area contributed by atoms with E-state index >= 15 is 0 Å². The molecule has 0 aliphatic rings. The van der Waals surface area contributed by atoms with Crippen molar-refractivity contribution in [3.8, 4) is 0 Å². The topological polar surface area (TPSA) is 62.4 Å². The third-order valence-corrected chi connectivity index (χ3v) is 2.11. The summed E-state index contributed by atoms with van der Waals surface area (Å²) in [6.07, 6.45) is 1.54. The Balaban J connectivity index is 2.87. The van der Waals surface area contributed by atoms with E-state index in [0.717, 1.165) is 0 Å². The number of rotatable bonds is 3. The smallest absolute Gasteiger partial charge is 0.147 e. The summed E-state index contributed by atoms with van der Waals surface area (Å²) >= 11 is 5.99. The van der Waals surface area contributed by atoms with Gasteiger partial charge in [0.05, 0.1) is 22.5 Å². The van der Waals surface area contributed by atoms with E-state index in [-0.39, 0.29) is 0 Å². The molecule has 3 N–H and O–H groups in total. The zero-order valence-electron chi connectivity index (χ0n) is 9.16. The average molecular weight is 230 g/mol. The van der Waals surface area contributed by atoms with Crippen molar-refractivity contribution in [2.75, 3.05) is 24.2 Å². The first-order valence-corrected chi connectivity index (χ1v) is 5.02. The van der Waals surface area contributed by atoms with Crippen LogP contribution >= 0.6 is 11.6 Å². The van der Waals surface area contributed by atoms with Gasteiger partial charge in [0.25, 0.3) is 0 Å². The van der Waals surface area contributed by atoms with Gasteiger partial charge in [0.15, 0.2) is 0 Å². The molecule has 1 aromatic rings. The van der Waals surface area contributed by atoms with Crippen molar-refractivity contribution >= 4 is 23.1 Å². The molecule has 4 nitrogen and oxygen atoms in total. The van der Waals surface area contributed by atoms with Crippen LogP contribution in [0.4, 0.5) is 11.5 Å². The molecule has 5 heteroatoms. The Bertz CT molecular complexity index is 349. The molecule has 0 unspecified atom stereocenters. The normalized spacial score (nSPS) is 11.5. The van der Waals surface area contributed by atoms with Gasteiger partial charge in [-0.1, -0.05) is 11.6 Å². The minimum atomic E-state index is -0.791. The van der Waals surface area contributed by atoms with Crippen molar-refractivity contribution in [3.05, 3.63) is 17.3 Å². The number of hydrogen-bond acceptors (Lipinski definition) is 4. The number of aliphatic hydroxyl groups is 1. The average Bonchev–Trinajstić information content (AvgIpc) is 1.99. The Morgan fingerprint density at radius 1 is 1.60 bits per heavy atom. The highest BCUT2D eigenvalue weighted by molar-refractivity contribution is 6.33. The summed E-state index contributed by atoms with van der Waals surface area (Å²) in [5, 5.41) is 10.1. The summed E-state index contributed by atoms with van der Waals surface area (Å²) < 4.78 is 0. The lowest BCUT2D eigenvalue weighted by Gasteiger charge is -2.26. The van der Waals surface area contributed by atoms with Crippen LogP contribution < -0.4 is 10.6 Å². The predicted octanol–water partition coefficient (Wildman–Crippen LogP) is 1.52. The van der Waals surface area contributed by atoms with E-state index in [1.807, 2.05) is 7.05 Å². The van der Waals surface area contributed by atoms with E-state index in [4.69, 9.17) is 17.3 Å². The van der Waals surface area contributed by atoms with Crippen LogP contribution in [0.15, 0.2) is 12.3 Å². The predicted molar refractivity (Wildman–Crippen MR) is 63.2 cm³/mol. The van der Waals surface area contributed by atoms with Gasteiger partial charge in [-0.2, -0.15) is 0 Å². The van der Waals surface area contributed by atoms with Gasteiger partial charge in [-0.25, -0.2) is 4.98 Å². The Hall–Kier alpha value is -1.00. The van der Waals surface area contributed by atoms with Gasteiger partial charge < -0.3 is 15.7 Å². The molecule has 0 fully saturated rings. The maximum absolute atomic E-state index is 9.66. The maximum atomic E-state index is 9.66. The van der Waals surface area contributed by atoms with Gasteiger partial charge in [0.2, 0.25) is 0 Å². The second-order valence-electron chi connectivity index (χ2n) is 4.24. The Morgan fingerprint density at radius 2 is 2.20 bits per heavy atom. The fraction of sp³-hybridized carbons (Fsp3) is 0.500. The van der Waals surface area contributed by atoms with E-state index in [9.17, 15) is 5.11 Å². The van der Waals surface area contributed by atoms with Crippen LogP contribution in [0, 0.1) is 0 Å². The number of nitrogens with two attached hydrogens (primary N) is 1. The van der Waals surface area contributed by atoms with Crippen molar-refractivity contribution in [3.63, 3.8) is 0 Å². The quantitative estimate of drug-likeness (QED) is 0.825. The first kappa shape index (κ1) is 12.1. The monoisotopic (exact) mass is 229 g/mol. The number of hydrogen-bond donors (Lipinski definition) is 2. The van der Waals surface area contributed by atoms with E-state index < -0.39 is 5.60 Å². The summed E-state index contributed by atoms with van der Waals surface area (Å²) in [4.78, 5) is 5.91. The molecule has 0 radical (unpaired) electrons. The van der Waals surface area contributed by atoms with Crippen LogP contribution in [0.1, 0.15) is 13.8 Å². The largest absolute Gasteiger partial charge is 0.397 e. The van der Waals surface area contributed by atoms with E-state index in [2.05, 4.69) is 4.98 Å². The third-order valence-electron chi connectivity index (χ3n) is 1.83. The molecule has 84 valence electrons. The van der Waals surface area contributed by atoms with Crippen LogP contribution in [0.5, 0.6) is 0 Å². The minimum absolute atomic E-state index is 0.448. The standard InChI is InChI=1S/C10H16ClN3O/c1-10(2,15)6-14(3)9-8(11)4-7(12)5-13-9/h4-5,15H,6,12H2,1-3H3. The van der Waals surface area contributed by atoms with Crippen LogP contribution in [0.3, 0.4) is 0 Å². The van der Waals surface area contributed by atoms with Gasteiger partial charge in [-0.05, 0) is 19.9 Å². The molecule has 1 aromatic heterocycles. The number of aromatic nitrogens is 1. The third kappa shape index (κ3) is 3.57. The molecule has 0 saturated carbocycles. The number of anilines is 2. The lowest BCUT2D eigenvalue weighted by Crippen LogP contribution is -2.36. The number of halogens is 1. The Labute approximate surface area is 94.7 Å². The van der Waals surface area contributed by atoms with Gasteiger partial charge in [0.1, 0.15) is 5.82 Å². The number of likely N-dealkylation sites (N-methyl/N-ethyl adjacent to an activating group) is 1. The van der Waals surface area contributed by atoms with E-state index in [1.54, 1.807) is 31.0 Å². The van der Waals surface area contributed by atoms with Gasteiger partial charge in [0, 0.05) is 13.6 Å². The fourth-order valence-corrected chi connectivity index (χ4v) is 1.70. The molecule has 0 atom stereocenters. The summed E-state index contributed by atoms with van der Waals surface area (Å²) in [7, 11) is 1.82. The molecule has 0 spiro atoms. The van der Waals surface area contributed by atoms with Crippen LogP contribution in [0.2, 0.25) is 5.02 Å². The zero-order valence-corrected chi connectivity index (χ0v) is 9.91. The maximum Gasteiger partial charge on any atom is 0.147 e. The lowest BCUT2D eigenvalue weighted by atomic mass is 10.1. The number of pyridine rings is 1. The molecule has 0 amide bonds. The molecule has 0 bridgehead atoms. The summed E-state index contributed by atoms with van der Waals surface area (Å²) in [6.45, 7) is 3.91. The summed E-state index contributed by atoms with van der Waals surface area (Å²) in [6, 6.07) is 1.64. The molecule has 0 aliphatic carbocycles. The first-order chi connectivity index (χ1) is 6.79. The molecule has 0 aliphatic heterocycles. The number of nitrogen functional groups attached to an aromatic ring is 1. The van der Waals surface area contributed by atoms with Crippen LogP contribution in [-0.2, 0) is 0 Å². The fourth-order valence-electron chi connectivity index (χ4n) is 1.38. The first-order valence-electron chi connectivity index (χ1n) is 4.64. The molecule has 0 aromatic carbocycles. The molecule has 1 rings (SSSR count). The molecular weight excluding hydrogens is 214 g/mol. The zero-order chi connectivity index (χ0) is 11.6. The van der Waals surface area contributed by atoms with Gasteiger partial charge in [-0.15, -0.1) is 0 Å². The molecule has 0 saturated heterocycles. The van der Waals surface area contributed by atoms with Crippen molar-refractivity contribution in [2.24, 2.45) is 0 Å². The second-order valence-corrected chi connectivity index (χ2v) is 4.65. The highest BCUT2D eigenvalue weighted by atomic mass is 35.5. The van der Waals surface area contributed by atoms with Crippen LogP contribution in [-0.4, -0.2) is 29.3 Å². The van der Waals surface area contributed by atoms with E-state index in [0.29, 0.717) is 23.1 Å². The van der Waals surface area contributed by atoms with Gasteiger partial charge >= 0.3 is 0 Å². The SMILES string of the molecule is CN(CC(C)(C)O)c1ncc(N)cc1Cl.